The van der Waals surface area contributed by atoms with Gasteiger partial charge in [-0.1, -0.05) is 133 Å². The van der Waals surface area contributed by atoms with Gasteiger partial charge < -0.3 is 4.90 Å². The van der Waals surface area contributed by atoms with Crippen LogP contribution in [0.1, 0.15) is 44.1 Å². The molecule has 58 heavy (non-hydrogen) atoms. The summed E-state index contributed by atoms with van der Waals surface area (Å²) in [4.78, 5) is 2.47. The van der Waals surface area contributed by atoms with Crippen LogP contribution >= 0.6 is 11.3 Å². The first-order valence-electron chi connectivity index (χ1n) is 21.2. The predicted octanol–water partition coefficient (Wildman–Crippen LogP) is 16.1. The summed E-state index contributed by atoms with van der Waals surface area (Å²) in [6.07, 6.45) is 8.56. The van der Waals surface area contributed by atoms with Gasteiger partial charge in [0, 0.05) is 37.2 Å². The van der Waals surface area contributed by atoms with Crippen LogP contribution in [0.15, 0.2) is 182 Å². The van der Waals surface area contributed by atoms with Crippen LogP contribution < -0.4 is 4.90 Å². The van der Waals surface area contributed by atoms with Crippen molar-refractivity contribution < 1.29 is 0 Å². The van der Waals surface area contributed by atoms with Gasteiger partial charge >= 0.3 is 0 Å². The van der Waals surface area contributed by atoms with Crippen LogP contribution in [0.5, 0.6) is 0 Å². The van der Waals surface area contributed by atoms with Gasteiger partial charge in [0.05, 0.1) is 0 Å². The Kier molecular flexibility index (Phi) is 7.98. The standard InChI is InChI=1S/C56H45NS/c1-2-10-40(11-3-1)48-17-7-12-42-13-8-18-49(54(42)48)41-22-26-45(27-23-41)57(46-28-24-44(25-29-46)56-34-37-30-38(35-56)32-39(31-37)36-56)47-15-6-14-43(33-47)50-19-9-21-53-55(50)51-16-4-5-20-52(51)58-53/h1-29,33,37-39H,30-32,34-36H2. The highest BCUT2D eigenvalue weighted by Crippen LogP contribution is 2.61. The van der Waals surface area contributed by atoms with Gasteiger partial charge in [-0.2, -0.15) is 0 Å². The average molecular weight is 764 g/mol. The molecule has 9 aromatic rings. The lowest BCUT2D eigenvalue weighted by molar-refractivity contribution is -0.00518. The lowest BCUT2D eigenvalue weighted by Crippen LogP contribution is -2.48. The van der Waals surface area contributed by atoms with Crippen molar-refractivity contribution in [2.24, 2.45) is 17.8 Å². The maximum atomic E-state index is 2.49. The second-order valence-electron chi connectivity index (χ2n) is 17.5. The van der Waals surface area contributed by atoms with Crippen LogP contribution in [0, 0.1) is 17.8 Å². The first-order valence-corrected chi connectivity index (χ1v) is 22.1. The molecular formula is C56H45NS. The van der Waals surface area contributed by atoms with E-state index >= 15 is 0 Å². The molecule has 0 N–H and O–H groups in total. The molecule has 4 fully saturated rings. The molecule has 4 aliphatic carbocycles. The molecule has 4 aliphatic rings. The third kappa shape index (κ3) is 5.64. The zero-order valence-electron chi connectivity index (χ0n) is 32.7. The molecule has 1 nitrogen and oxygen atoms in total. The van der Waals surface area contributed by atoms with E-state index < -0.39 is 0 Å². The number of thiophene rings is 1. The lowest BCUT2D eigenvalue weighted by atomic mass is 9.48. The fourth-order valence-corrected chi connectivity index (χ4v) is 13.1. The topological polar surface area (TPSA) is 3.24 Å². The van der Waals surface area contributed by atoms with Gasteiger partial charge in [0.1, 0.15) is 0 Å². The van der Waals surface area contributed by atoms with E-state index in [1.165, 1.54) is 114 Å². The van der Waals surface area contributed by atoms with Crippen LogP contribution in [0.4, 0.5) is 17.1 Å². The smallest absolute Gasteiger partial charge is 0.0467 e. The highest BCUT2D eigenvalue weighted by Gasteiger charge is 2.51. The van der Waals surface area contributed by atoms with Crippen molar-refractivity contribution in [2.45, 2.75) is 43.9 Å². The van der Waals surface area contributed by atoms with Gasteiger partial charge in [-0.3, -0.25) is 0 Å². The highest BCUT2D eigenvalue weighted by molar-refractivity contribution is 7.25. The second-order valence-corrected chi connectivity index (χ2v) is 18.6. The number of nitrogens with zero attached hydrogens (tertiary/aromatic N) is 1. The maximum Gasteiger partial charge on any atom is 0.0467 e. The van der Waals surface area contributed by atoms with Crippen molar-refractivity contribution >= 4 is 59.3 Å². The zero-order valence-corrected chi connectivity index (χ0v) is 33.5. The van der Waals surface area contributed by atoms with Gasteiger partial charge in [0.15, 0.2) is 0 Å². The number of benzene rings is 8. The molecule has 0 saturated heterocycles. The van der Waals surface area contributed by atoms with E-state index in [1.54, 1.807) is 5.56 Å². The Bertz CT molecular complexity index is 2930. The molecule has 4 saturated carbocycles. The predicted molar refractivity (Wildman–Crippen MR) is 248 cm³/mol. The molecular weight excluding hydrogens is 719 g/mol. The van der Waals surface area contributed by atoms with Crippen LogP contribution in [0.3, 0.4) is 0 Å². The summed E-state index contributed by atoms with van der Waals surface area (Å²) in [5, 5.41) is 5.24. The van der Waals surface area contributed by atoms with Gasteiger partial charge in [-0.15, -0.1) is 11.3 Å². The van der Waals surface area contributed by atoms with E-state index in [9.17, 15) is 0 Å². The summed E-state index contributed by atoms with van der Waals surface area (Å²) < 4.78 is 2.67. The van der Waals surface area contributed by atoms with E-state index in [-0.39, 0.29) is 0 Å². The van der Waals surface area contributed by atoms with Crippen molar-refractivity contribution in [1.82, 2.24) is 0 Å². The number of hydrogen-bond acceptors (Lipinski definition) is 2. The highest BCUT2D eigenvalue weighted by atomic mass is 32.1. The fourth-order valence-electron chi connectivity index (χ4n) is 11.9. The average Bonchev–Trinajstić information content (AvgIpc) is 3.66. The summed E-state index contributed by atoms with van der Waals surface area (Å²) in [5.41, 5.74) is 13.0. The minimum absolute atomic E-state index is 0.374. The van der Waals surface area contributed by atoms with Crippen LogP contribution in [0.2, 0.25) is 0 Å². The molecule has 0 spiro atoms. The van der Waals surface area contributed by atoms with Crippen molar-refractivity contribution in [3.05, 3.63) is 188 Å². The van der Waals surface area contributed by atoms with Crippen molar-refractivity contribution in [3.63, 3.8) is 0 Å². The molecule has 0 radical (unpaired) electrons. The molecule has 4 bridgehead atoms. The Morgan fingerprint density at radius 3 is 1.64 bits per heavy atom. The van der Waals surface area contributed by atoms with E-state index in [0.29, 0.717) is 5.41 Å². The first kappa shape index (κ1) is 34.1. The van der Waals surface area contributed by atoms with Crippen LogP contribution in [-0.2, 0) is 5.41 Å². The fraction of sp³-hybridized carbons (Fsp3) is 0.179. The van der Waals surface area contributed by atoms with Crippen molar-refractivity contribution in [1.29, 1.82) is 0 Å². The summed E-state index contributed by atoms with van der Waals surface area (Å²) in [5.74, 6) is 2.79. The molecule has 13 rings (SSSR count). The largest absolute Gasteiger partial charge is 0.310 e. The SMILES string of the molecule is c1ccc(-c2cccc3cccc(-c4ccc(N(c5ccc(C67CC8CC(CC(C8)C6)C7)cc5)c5cccc(-c6cccc7sc8ccccc8c67)c5)cc4)c23)cc1. The Hall–Kier alpha value is -5.96. The minimum Gasteiger partial charge on any atom is -0.310 e. The zero-order chi connectivity index (χ0) is 38.2. The van der Waals surface area contributed by atoms with Gasteiger partial charge in [-0.25, -0.2) is 0 Å². The van der Waals surface area contributed by atoms with Gasteiger partial charge in [0.25, 0.3) is 0 Å². The molecule has 8 aromatic carbocycles. The van der Waals surface area contributed by atoms with Crippen molar-refractivity contribution in [3.8, 4) is 33.4 Å². The first-order chi connectivity index (χ1) is 28.7. The molecule has 0 atom stereocenters. The maximum absolute atomic E-state index is 2.49. The monoisotopic (exact) mass is 763 g/mol. The molecule has 0 unspecified atom stereocenters. The molecule has 280 valence electrons. The number of anilines is 3. The normalized spacial score (nSPS) is 20.9. The van der Waals surface area contributed by atoms with E-state index in [0.717, 1.165) is 23.4 Å². The van der Waals surface area contributed by atoms with Gasteiger partial charge in [0.2, 0.25) is 0 Å². The Balaban J connectivity index is 0.977. The molecule has 1 heterocycles. The Morgan fingerprint density at radius 2 is 0.948 bits per heavy atom. The van der Waals surface area contributed by atoms with Crippen molar-refractivity contribution in [2.75, 3.05) is 4.90 Å². The minimum atomic E-state index is 0.374. The Labute approximate surface area is 345 Å². The van der Waals surface area contributed by atoms with E-state index in [4.69, 9.17) is 0 Å². The third-order valence-electron chi connectivity index (χ3n) is 14.0. The number of rotatable bonds is 7. The lowest BCUT2D eigenvalue weighted by Gasteiger charge is -2.57. The third-order valence-corrected chi connectivity index (χ3v) is 15.2. The van der Waals surface area contributed by atoms with E-state index in [1.807, 2.05) is 11.3 Å². The summed E-state index contributed by atoms with van der Waals surface area (Å²) in [6, 6.07) is 68.1. The molecule has 1 aromatic heterocycles. The van der Waals surface area contributed by atoms with Crippen LogP contribution in [0.25, 0.3) is 64.3 Å². The number of hydrogen-bond donors (Lipinski definition) is 0. The second kappa shape index (κ2) is 13.6. The summed E-state index contributed by atoms with van der Waals surface area (Å²) in [7, 11) is 0. The van der Waals surface area contributed by atoms with Gasteiger partial charge in [-0.05, 0) is 160 Å². The number of fused-ring (bicyclic) bond motifs is 4. The Morgan fingerprint density at radius 1 is 0.414 bits per heavy atom. The molecule has 2 heteroatoms. The molecule has 0 amide bonds. The summed E-state index contributed by atoms with van der Waals surface area (Å²) >= 11 is 1.89. The summed E-state index contributed by atoms with van der Waals surface area (Å²) in [6.45, 7) is 0. The quantitative estimate of drug-likeness (QED) is 0.156. The molecule has 0 aliphatic heterocycles. The van der Waals surface area contributed by atoms with E-state index in [2.05, 4.69) is 187 Å². The van der Waals surface area contributed by atoms with Crippen LogP contribution in [-0.4, -0.2) is 0 Å².